The van der Waals surface area contributed by atoms with Crippen molar-refractivity contribution in [1.82, 2.24) is 20.2 Å². The normalized spacial score (nSPS) is 15.1. The van der Waals surface area contributed by atoms with E-state index >= 15 is 0 Å². The summed E-state index contributed by atoms with van der Waals surface area (Å²) in [6.07, 6.45) is 7.03. The van der Waals surface area contributed by atoms with Crippen molar-refractivity contribution >= 4 is 17.8 Å². The molecule has 2 aromatic carbocycles. The maximum absolute atomic E-state index is 13.3. The number of aliphatic carboxylic acids is 1. The quantitative estimate of drug-likeness (QED) is 0.320. The van der Waals surface area contributed by atoms with E-state index in [2.05, 4.69) is 15.6 Å². The molecule has 9 nitrogen and oxygen atoms in total. The van der Waals surface area contributed by atoms with Gasteiger partial charge in [-0.05, 0) is 24.0 Å². The lowest BCUT2D eigenvalue weighted by Gasteiger charge is -2.23. The van der Waals surface area contributed by atoms with Crippen molar-refractivity contribution in [2.45, 2.75) is 63.9 Å². The van der Waals surface area contributed by atoms with Gasteiger partial charge in [0.05, 0.1) is 12.9 Å². The smallest absolute Gasteiger partial charge is 0.326 e. The number of amides is 2. The van der Waals surface area contributed by atoms with Gasteiger partial charge in [0, 0.05) is 30.7 Å². The molecule has 0 spiro atoms. The summed E-state index contributed by atoms with van der Waals surface area (Å²) in [6, 6.07) is 17.0. The largest absolute Gasteiger partial charge is 0.480 e. The second-order valence-electron chi connectivity index (χ2n) is 9.65. The van der Waals surface area contributed by atoms with E-state index in [1.807, 2.05) is 60.7 Å². The number of imidazole rings is 1. The topological polar surface area (TPSA) is 123 Å². The lowest BCUT2D eigenvalue weighted by atomic mass is 10.0. The molecule has 9 heteroatoms. The molecule has 1 aliphatic carbocycles. The number of hydrogen-bond acceptors (Lipinski definition) is 5. The molecule has 38 heavy (non-hydrogen) atoms. The Morgan fingerprint density at radius 3 is 2.24 bits per heavy atom. The Bertz CT molecular complexity index is 1190. The van der Waals surface area contributed by atoms with Crippen molar-refractivity contribution in [3.05, 3.63) is 90.0 Å². The molecule has 200 valence electrons. The Labute approximate surface area is 222 Å². The second-order valence-corrected chi connectivity index (χ2v) is 9.65. The van der Waals surface area contributed by atoms with Gasteiger partial charge in [0.15, 0.2) is 0 Å². The van der Waals surface area contributed by atoms with Crippen LogP contribution in [0.25, 0.3) is 0 Å². The number of carbonyl (C=O) groups is 3. The van der Waals surface area contributed by atoms with Crippen molar-refractivity contribution in [1.29, 1.82) is 0 Å². The number of hydrogen-bond donors (Lipinski definition) is 3. The zero-order valence-corrected chi connectivity index (χ0v) is 21.3. The average Bonchev–Trinajstić information content (AvgIpc) is 3.62. The summed E-state index contributed by atoms with van der Waals surface area (Å²) in [6.45, 7) is 0.595. The van der Waals surface area contributed by atoms with Crippen LogP contribution in [0, 0.1) is 5.92 Å². The van der Waals surface area contributed by atoms with Crippen molar-refractivity contribution in [2.75, 3.05) is 0 Å². The van der Waals surface area contributed by atoms with E-state index in [0.717, 1.165) is 36.8 Å². The number of rotatable bonds is 13. The van der Waals surface area contributed by atoms with Gasteiger partial charge in [0.1, 0.15) is 18.8 Å². The molecule has 0 aliphatic heterocycles. The second kappa shape index (κ2) is 13.5. The molecule has 3 N–H and O–H groups in total. The molecule has 2 amide bonds. The monoisotopic (exact) mass is 518 g/mol. The Hall–Kier alpha value is -3.98. The maximum Gasteiger partial charge on any atom is 0.326 e. The molecule has 1 heterocycles. The van der Waals surface area contributed by atoms with Crippen LogP contribution in [-0.4, -0.2) is 44.5 Å². The number of ether oxygens (including phenoxy) is 1. The highest BCUT2D eigenvalue weighted by molar-refractivity contribution is 5.91. The van der Waals surface area contributed by atoms with Crippen LogP contribution in [0.15, 0.2) is 73.2 Å². The van der Waals surface area contributed by atoms with E-state index in [1.54, 1.807) is 17.1 Å². The number of nitrogens with zero attached hydrogens (tertiary/aromatic N) is 2. The van der Waals surface area contributed by atoms with Gasteiger partial charge in [-0.15, -0.1) is 0 Å². The van der Waals surface area contributed by atoms with E-state index in [9.17, 15) is 19.5 Å². The van der Waals surface area contributed by atoms with Crippen molar-refractivity contribution < 1.29 is 24.2 Å². The van der Waals surface area contributed by atoms with E-state index < -0.39 is 24.0 Å². The zero-order valence-electron chi connectivity index (χ0n) is 21.3. The first-order chi connectivity index (χ1) is 18.5. The van der Waals surface area contributed by atoms with E-state index in [0.29, 0.717) is 12.3 Å². The molecule has 0 radical (unpaired) electrons. The van der Waals surface area contributed by atoms with Gasteiger partial charge in [0.25, 0.3) is 0 Å². The third kappa shape index (κ3) is 7.76. The minimum atomic E-state index is -1.20. The predicted molar refractivity (Wildman–Crippen MR) is 141 cm³/mol. The van der Waals surface area contributed by atoms with Crippen LogP contribution in [0.5, 0.6) is 0 Å². The van der Waals surface area contributed by atoms with Gasteiger partial charge in [-0.3, -0.25) is 9.59 Å². The van der Waals surface area contributed by atoms with Crippen molar-refractivity contribution in [2.24, 2.45) is 5.92 Å². The highest BCUT2D eigenvalue weighted by Crippen LogP contribution is 2.25. The summed E-state index contributed by atoms with van der Waals surface area (Å²) < 4.78 is 7.48. The van der Waals surface area contributed by atoms with Crippen molar-refractivity contribution in [3.8, 4) is 0 Å². The third-order valence-electron chi connectivity index (χ3n) is 6.81. The number of carbonyl (C=O) groups excluding carboxylic acids is 2. The first-order valence-electron chi connectivity index (χ1n) is 13.0. The van der Waals surface area contributed by atoms with Crippen molar-refractivity contribution in [3.63, 3.8) is 0 Å². The van der Waals surface area contributed by atoms with E-state index in [4.69, 9.17) is 4.74 Å². The lowest BCUT2D eigenvalue weighted by Crippen LogP contribution is -2.54. The maximum atomic E-state index is 13.3. The molecule has 1 aliphatic rings. The molecule has 1 aromatic heterocycles. The standard InChI is InChI=1S/C29H34N4O5/c34-27(23-13-7-8-14-23)31-25(15-21-9-3-1-4-10-21)28(35)32-26(29(36)37)16-24-17-30-19-33(24)20-38-18-22-11-5-2-6-12-22/h1-6,9-12,17,19,23,25-26H,7-8,13-16,18,20H2,(H,31,34)(H,32,35)(H,36,37)/t25-,26-/m0/s1. The van der Waals surface area contributed by atoms with Gasteiger partial charge in [-0.2, -0.15) is 0 Å². The molecule has 4 rings (SSSR count). The van der Waals surface area contributed by atoms with E-state index in [1.165, 1.54) is 0 Å². The van der Waals surface area contributed by atoms with Crippen LogP contribution in [0.4, 0.5) is 0 Å². The molecular weight excluding hydrogens is 484 g/mol. The predicted octanol–water partition coefficient (Wildman–Crippen LogP) is 3.09. The number of carboxylic acid groups (broad SMARTS) is 1. The summed E-state index contributed by atoms with van der Waals surface area (Å²) in [4.78, 5) is 42.4. The van der Waals surface area contributed by atoms with Gasteiger partial charge in [-0.25, -0.2) is 9.78 Å². The Kier molecular flexibility index (Phi) is 9.64. The fraction of sp³-hybridized carbons (Fsp3) is 0.379. The fourth-order valence-corrected chi connectivity index (χ4v) is 4.69. The molecule has 0 unspecified atom stereocenters. The summed E-state index contributed by atoms with van der Waals surface area (Å²) >= 11 is 0. The van der Waals surface area contributed by atoms with Crippen LogP contribution in [0.3, 0.4) is 0 Å². The van der Waals surface area contributed by atoms with Gasteiger partial charge < -0.3 is 25.0 Å². The number of benzene rings is 2. The minimum Gasteiger partial charge on any atom is -0.480 e. The van der Waals surface area contributed by atoms with Gasteiger partial charge in [-0.1, -0.05) is 73.5 Å². The van der Waals surface area contributed by atoms with E-state index in [-0.39, 0.29) is 31.4 Å². The Morgan fingerprint density at radius 2 is 1.58 bits per heavy atom. The van der Waals surface area contributed by atoms with Gasteiger partial charge in [0.2, 0.25) is 11.8 Å². The summed E-state index contributed by atoms with van der Waals surface area (Å²) in [5.74, 6) is -1.96. The molecule has 1 saturated carbocycles. The summed E-state index contributed by atoms with van der Waals surface area (Å²) in [7, 11) is 0. The minimum absolute atomic E-state index is 0.0183. The number of aromatic nitrogens is 2. The summed E-state index contributed by atoms with van der Waals surface area (Å²) in [5, 5.41) is 15.4. The molecule has 1 fully saturated rings. The summed E-state index contributed by atoms with van der Waals surface area (Å²) in [5.41, 5.74) is 2.51. The number of carboxylic acids is 1. The fourth-order valence-electron chi connectivity index (χ4n) is 4.69. The number of nitrogens with one attached hydrogen (secondary N) is 2. The lowest BCUT2D eigenvalue weighted by molar-refractivity contribution is -0.142. The first-order valence-corrected chi connectivity index (χ1v) is 13.0. The van der Waals surface area contributed by atoms with Crippen LogP contribution in [0.2, 0.25) is 0 Å². The Morgan fingerprint density at radius 1 is 0.921 bits per heavy atom. The zero-order chi connectivity index (χ0) is 26.7. The first kappa shape index (κ1) is 27.1. The van der Waals surface area contributed by atoms with Gasteiger partial charge >= 0.3 is 5.97 Å². The molecule has 0 bridgehead atoms. The SMILES string of the molecule is O=C(N[C@@H](Cc1ccccc1)C(=O)N[C@@H](Cc1cncn1COCc1ccccc1)C(=O)O)C1CCCC1. The molecular formula is C29H34N4O5. The van der Waals surface area contributed by atoms with Crippen LogP contribution < -0.4 is 10.6 Å². The molecule has 0 saturated heterocycles. The van der Waals surface area contributed by atoms with Crippen LogP contribution in [0.1, 0.15) is 42.5 Å². The molecule has 2 atom stereocenters. The Balaban J connectivity index is 1.40. The van der Waals surface area contributed by atoms with Crippen LogP contribution >= 0.6 is 0 Å². The highest BCUT2D eigenvalue weighted by Gasteiger charge is 2.30. The third-order valence-corrected chi connectivity index (χ3v) is 6.81. The highest BCUT2D eigenvalue weighted by atomic mass is 16.5. The average molecular weight is 519 g/mol. The van der Waals surface area contributed by atoms with Crippen LogP contribution in [-0.2, 0) is 45.3 Å². The molecule has 3 aromatic rings.